The highest BCUT2D eigenvalue weighted by molar-refractivity contribution is 5.64. The van der Waals surface area contributed by atoms with E-state index in [0.29, 0.717) is 43.3 Å². The summed E-state index contributed by atoms with van der Waals surface area (Å²) in [6, 6.07) is 7.64. The first-order valence-electron chi connectivity index (χ1n) is 11.1. The van der Waals surface area contributed by atoms with Gasteiger partial charge in [0, 0.05) is 30.5 Å². The molecule has 1 N–H and O–H groups in total. The van der Waals surface area contributed by atoms with Crippen LogP contribution in [0, 0.1) is 17.0 Å². The van der Waals surface area contributed by atoms with Gasteiger partial charge >= 0.3 is 11.6 Å². The zero-order valence-electron chi connectivity index (χ0n) is 19.4. The molecular formula is C23H27N7O4. The van der Waals surface area contributed by atoms with Gasteiger partial charge < -0.3 is 14.3 Å². The average molecular weight is 466 g/mol. The molecule has 3 heterocycles. The number of hydroxylamine groups is 1. The second kappa shape index (κ2) is 9.86. The Bertz CT molecular complexity index is 1170. The van der Waals surface area contributed by atoms with E-state index in [4.69, 9.17) is 9.36 Å². The van der Waals surface area contributed by atoms with Crippen molar-refractivity contribution in [3.8, 4) is 5.88 Å². The molecule has 0 atom stereocenters. The summed E-state index contributed by atoms with van der Waals surface area (Å²) in [5, 5.41) is 16.0. The van der Waals surface area contributed by atoms with Gasteiger partial charge in [0.2, 0.25) is 11.7 Å². The number of hydrogen-bond acceptors (Lipinski definition) is 10. The lowest BCUT2D eigenvalue weighted by atomic mass is 9.96. The molecule has 0 amide bonds. The predicted molar refractivity (Wildman–Crippen MR) is 125 cm³/mol. The number of nitro groups is 1. The topological polar surface area (TPSA) is 132 Å². The van der Waals surface area contributed by atoms with E-state index in [1.54, 1.807) is 0 Å². The van der Waals surface area contributed by atoms with Crippen LogP contribution in [0.4, 0.5) is 11.5 Å². The van der Waals surface area contributed by atoms with Gasteiger partial charge in [0.1, 0.15) is 6.33 Å². The molecule has 178 valence electrons. The quantitative estimate of drug-likeness (QED) is 0.382. The zero-order chi connectivity index (χ0) is 24.2. The Labute approximate surface area is 197 Å². The summed E-state index contributed by atoms with van der Waals surface area (Å²) in [5.41, 5.74) is 4.72. The maximum atomic E-state index is 11.9. The van der Waals surface area contributed by atoms with Crippen LogP contribution < -0.4 is 15.2 Å². The number of aryl methyl sites for hydroxylation is 1. The van der Waals surface area contributed by atoms with E-state index >= 15 is 0 Å². The predicted octanol–water partition coefficient (Wildman–Crippen LogP) is 4.14. The van der Waals surface area contributed by atoms with E-state index in [1.807, 2.05) is 49.9 Å². The van der Waals surface area contributed by atoms with E-state index in [0.717, 1.165) is 11.1 Å². The number of hydrogen-bond donors (Lipinski definition) is 1. The van der Waals surface area contributed by atoms with Crippen LogP contribution in [0.2, 0.25) is 0 Å². The first-order chi connectivity index (χ1) is 16.3. The van der Waals surface area contributed by atoms with Crippen molar-refractivity contribution < 1.29 is 14.3 Å². The molecule has 0 radical (unpaired) electrons. The van der Waals surface area contributed by atoms with E-state index in [1.165, 1.54) is 6.33 Å². The van der Waals surface area contributed by atoms with Crippen molar-refractivity contribution in [2.45, 2.75) is 45.4 Å². The average Bonchev–Trinajstić information content (AvgIpc) is 3.33. The lowest BCUT2D eigenvalue weighted by Gasteiger charge is -2.30. The number of anilines is 1. The Morgan fingerprint density at radius 1 is 1.26 bits per heavy atom. The molecular weight excluding hydrogens is 438 g/mol. The molecule has 0 spiro atoms. The Balaban J connectivity index is 1.46. The van der Waals surface area contributed by atoms with Crippen LogP contribution in [0.15, 0.2) is 41.7 Å². The minimum Gasteiger partial charge on any atom is -0.354 e. The summed E-state index contributed by atoms with van der Waals surface area (Å²) < 4.78 is 5.43. The lowest BCUT2D eigenvalue weighted by Crippen LogP contribution is -2.34. The molecule has 34 heavy (non-hydrogen) atoms. The van der Waals surface area contributed by atoms with Crippen molar-refractivity contribution in [2.75, 3.05) is 18.0 Å². The molecule has 4 rings (SSSR count). The van der Waals surface area contributed by atoms with Gasteiger partial charge in [-0.2, -0.15) is 9.97 Å². The van der Waals surface area contributed by atoms with Gasteiger partial charge in [0.05, 0.1) is 10.6 Å². The first-order valence-corrected chi connectivity index (χ1v) is 11.1. The van der Waals surface area contributed by atoms with E-state index in [-0.39, 0.29) is 29.2 Å². The van der Waals surface area contributed by atoms with Crippen LogP contribution in [0.3, 0.4) is 0 Å². The number of benzene rings is 1. The van der Waals surface area contributed by atoms with Crippen molar-refractivity contribution >= 4 is 17.2 Å². The summed E-state index contributed by atoms with van der Waals surface area (Å²) in [4.78, 5) is 31.4. The van der Waals surface area contributed by atoms with Gasteiger partial charge in [-0.05, 0) is 19.8 Å². The van der Waals surface area contributed by atoms with Gasteiger partial charge in [-0.3, -0.25) is 10.1 Å². The lowest BCUT2D eigenvalue weighted by molar-refractivity contribution is -0.385. The Hall–Kier alpha value is -4.02. The van der Waals surface area contributed by atoms with Crippen molar-refractivity contribution in [3.05, 3.63) is 70.1 Å². The molecule has 3 aromatic rings. The number of piperidine rings is 1. The molecule has 1 fully saturated rings. The second-order valence-electron chi connectivity index (χ2n) is 8.56. The van der Waals surface area contributed by atoms with Crippen molar-refractivity contribution in [1.82, 2.24) is 25.6 Å². The van der Waals surface area contributed by atoms with Crippen molar-refractivity contribution in [2.24, 2.45) is 0 Å². The van der Waals surface area contributed by atoms with Crippen LogP contribution in [0.5, 0.6) is 5.88 Å². The van der Waals surface area contributed by atoms with Gasteiger partial charge in [0.25, 0.3) is 0 Å². The highest BCUT2D eigenvalue weighted by Gasteiger charge is 2.33. The van der Waals surface area contributed by atoms with Crippen LogP contribution in [-0.2, 0) is 0 Å². The van der Waals surface area contributed by atoms with Crippen LogP contribution >= 0.6 is 0 Å². The summed E-state index contributed by atoms with van der Waals surface area (Å²) in [5.74, 6) is 1.63. The van der Waals surface area contributed by atoms with Crippen LogP contribution in [-0.4, -0.2) is 38.1 Å². The molecule has 1 saturated heterocycles. The molecule has 11 nitrogen and oxygen atoms in total. The highest BCUT2D eigenvalue weighted by atomic mass is 16.7. The smallest absolute Gasteiger partial charge is 0.354 e. The third-order valence-electron chi connectivity index (χ3n) is 5.74. The first kappa shape index (κ1) is 23.1. The van der Waals surface area contributed by atoms with Gasteiger partial charge in [-0.25, -0.2) is 10.5 Å². The molecule has 11 heteroatoms. The Morgan fingerprint density at radius 2 is 1.97 bits per heavy atom. The fourth-order valence-electron chi connectivity index (χ4n) is 3.73. The molecule has 2 aromatic heterocycles. The van der Waals surface area contributed by atoms with Crippen molar-refractivity contribution in [3.63, 3.8) is 0 Å². The summed E-state index contributed by atoms with van der Waals surface area (Å²) >= 11 is 0. The highest BCUT2D eigenvalue weighted by Crippen LogP contribution is 2.37. The SMILES string of the molecule is C=C(NOc1ncnc(N2CCC(c3nc(C(C)C)no3)CC2)c1[N+](=O)[O-])c1ccc(C)cc1. The second-order valence-corrected chi connectivity index (χ2v) is 8.56. The van der Waals surface area contributed by atoms with E-state index in [9.17, 15) is 10.1 Å². The molecule has 1 aliphatic heterocycles. The maximum Gasteiger partial charge on any atom is 0.375 e. The minimum absolute atomic E-state index is 0.104. The summed E-state index contributed by atoms with van der Waals surface area (Å²) in [6.07, 6.45) is 2.67. The molecule has 0 unspecified atom stereocenters. The normalized spacial score (nSPS) is 14.3. The molecule has 0 bridgehead atoms. The summed E-state index contributed by atoms with van der Waals surface area (Å²) in [7, 11) is 0. The Kier molecular flexibility index (Phi) is 6.71. The number of rotatable bonds is 8. The molecule has 1 aliphatic rings. The Morgan fingerprint density at radius 3 is 2.59 bits per heavy atom. The standard InChI is InChI=1S/C23H27N7O4/c1-14(2)20-26-22(33-28-20)18-9-11-29(12-10-18)21-19(30(31)32)23(25-13-24-21)34-27-16(4)17-7-5-15(3)6-8-17/h5-8,13-14,18,27H,4,9-12H2,1-3H3. The zero-order valence-corrected chi connectivity index (χ0v) is 19.4. The van der Waals surface area contributed by atoms with Crippen molar-refractivity contribution in [1.29, 1.82) is 0 Å². The van der Waals surface area contributed by atoms with Crippen LogP contribution in [0.1, 0.15) is 61.4 Å². The van der Waals surface area contributed by atoms with Gasteiger partial charge in [-0.15, -0.1) is 0 Å². The minimum atomic E-state index is -0.528. The van der Waals surface area contributed by atoms with Gasteiger partial charge in [-0.1, -0.05) is 55.4 Å². The number of nitrogens with one attached hydrogen (secondary N) is 1. The third kappa shape index (κ3) is 4.98. The molecule has 0 saturated carbocycles. The number of nitrogens with zero attached hydrogens (tertiary/aromatic N) is 6. The fourth-order valence-corrected chi connectivity index (χ4v) is 3.73. The largest absolute Gasteiger partial charge is 0.375 e. The number of aromatic nitrogens is 4. The van der Waals surface area contributed by atoms with Crippen LogP contribution in [0.25, 0.3) is 5.70 Å². The summed E-state index contributed by atoms with van der Waals surface area (Å²) in [6.45, 7) is 11.0. The van der Waals surface area contributed by atoms with E-state index < -0.39 is 4.92 Å². The monoisotopic (exact) mass is 465 g/mol. The van der Waals surface area contributed by atoms with E-state index in [2.05, 4.69) is 32.2 Å². The molecule has 0 aliphatic carbocycles. The van der Waals surface area contributed by atoms with Gasteiger partial charge in [0.15, 0.2) is 5.82 Å². The third-order valence-corrected chi connectivity index (χ3v) is 5.74. The fraction of sp³-hybridized carbons (Fsp3) is 0.391. The maximum absolute atomic E-state index is 11.9. The molecule has 1 aromatic carbocycles.